The van der Waals surface area contributed by atoms with E-state index in [1.165, 1.54) is 5.56 Å². The van der Waals surface area contributed by atoms with Crippen LogP contribution in [0.25, 0.3) is 11.1 Å². The number of ether oxygens (including phenoxy) is 2. The van der Waals surface area contributed by atoms with Crippen LogP contribution in [0.5, 0.6) is 5.75 Å². The highest BCUT2D eigenvalue weighted by Crippen LogP contribution is 2.35. The second kappa shape index (κ2) is 9.69. The molecular weight excluding hydrogens is 412 g/mol. The highest BCUT2D eigenvalue weighted by atomic mass is 35.5. The smallest absolute Gasteiger partial charge is 0.252 e. The molecule has 1 saturated heterocycles. The normalized spacial score (nSPS) is 15.5. The maximum Gasteiger partial charge on any atom is 0.252 e. The van der Waals surface area contributed by atoms with Crippen molar-refractivity contribution < 1.29 is 9.47 Å². The molecule has 1 aromatic heterocycles. The number of rotatable bonds is 7. The maximum absolute atomic E-state index is 12.4. The Balaban J connectivity index is 1.50. The van der Waals surface area contributed by atoms with Gasteiger partial charge in [0.1, 0.15) is 5.75 Å². The first kappa shape index (κ1) is 21.6. The van der Waals surface area contributed by atoms with Crippen molar-refractivity contribution in [2.75, 3.05) is 26.9 Å². The van der Waals surface area contributed by atoms with Gasteiger partial charge in [0.25, 0.3) is 5.56 Å². The fraction of sp³-hybridized carbons (Fsp3) is 0.320. The molecule has 0 spiro atoms. The minimum Gasteiger partial charge on any atom is -0.497 e. The number of methoxy groups -OCH3 is 1. The minimum atomic E-state index is -0.0734. The predicted octanol–water partition coefficient (Wildman–Crippen LogP) is 4.54. The molecular formula is C25H27ClN2O3. The van der Waals surface area contributed by atoms with Gasteiger partial charge in [-0.1, -0.05) is 35.9 Å². The number of hydrogen-bond donors (Lipinski definition) is 2. The largest absolute Gasteiger partial charge is 0.497 e. The monoisotopic (exact) mass is 438 g/mol. The summed E-state index contributed by atoms with van der Waals surface area (Å²) in [6.07, 6.45) is 3.62. The summed E-state index contributed by atoms with van der Waals surface area (Å²) in [6, 6.07) is 17.8. The molecule has 6 heteroatoms. The summed E-state index contributed by atoms with van der Waals surface area (Å²) < 4.78 is 10.9. The molecule has 1 fully saturated rings. The van der Waals surface area contributed by atoms with Crippen LogP contribution in [0.15, 0.2) is 65.6 Å². The molecule has 31 heavy (non-hydrogen) atoms. The SMILES string of the molecule is COc1ccc(C2(CNCc3cc(-c4ccc(Cl)cc4)c[nH]c3=O)CCOCC2)cc1. The van der Waals surface area contributed by atoms with Crippen LogP contribution >= 0.6 is 11.6 Å². The van der Waals surface area contributed by atoms with Gasteiger partial charge >= 0.3 is 0 Å². The average molecular weight is 439 g/mol. The second-order valence-corrected chi connectivity index (χ2v) is 8.41. The topological polar surface area (TPSA) is 63.3 Å². The third kappa shape index (κ3) is 5.01. The van der Waals surface area contributed by atoms with E-state index in [1.54, 1.807) is 13.3 Å². The first-order valence-electron chi connectivity index (χ1n) is 10.5. The number of aromatic nitrogens is 1. The number of halogens is 1. The fourth-order valence-corrected chi connectivity index (χ4v) is 4.31. The van der Waals surface area contributed by atoms with Crippen molar-refractivity contribution in [3.63, 3.8) is 0 Å². The molecule has 2 N–H and O–H groups in total. The summed E-state index contributed by atoms with van der Waals surface area (Å²) in [5.74, 6) is 0.851. The zero-order valence-electron chi connectivity index (χ0n) is 17.6. The van der Waals surface area contributed by atoms with Crippen LogP contribution in [0.3, 0.4) is 0 Å². The van der Waals surface area contributed by atoms with E-state index in [2.05, 4.69) is 22.4 Å². The quantitative estimate of drug-likeness (QED) is 0.568. The number of hydrogen-bond acceptors (Lipinski definition) is 4. The summed E-state index contributed by atoms with van der Waals surface area (Å²) in [5, 5.41) is 4.23. The Morgan fingerprint density at radius 3 is 2.45 bits per heavy atom. The molecule has 5 nitrogen and oxygen atoms in total. The molecule has 0 bridgehead atoms. The van der Waals surface area contributed by atoms with Gasteiger partial charge in [-0.05, 0) is 59.9 Å². The lowest BCUT2D eigenvalue weighted by atomic mass is 9.74. The Labute approximate surface area is 187 Å². The van der Waals surface area contributed by atoms with Crippen LogP contribution in [-0.4, -0.2) is 31.9 Å². The molecule has 4 rings (SSSR count). The fourth-order valence-electron chi connectivity index (χ4n) is 4.18. The summed E-state index contributed by atoms with van der Waals surface area (Å²) in [5.41, 5.74) is 3.86. The molecule has 0 amide bonds. The van der Waals surface area contributed by atoms with Gasteiger partial charge in [0.05, 0.1) is 7.11 Å². The van der Waals surface area contributed by atoms with Gasteiger partial charge in [-0.2, -0.15) is 0 Å². The van der Waals surface area contributed by atoms with Gasteiger partial charge in [-0.3, -0.25) is 4.79 Å². The Morgan fingerprint density at radius 2 is 1.77 bits per heavy atom. The second-order valence-electron chi connectivity index (χ2n) is 7.97. The number of H-pyrrole nitrogens is 1. The highest BCUT2D eigenvalue weighted by molar-refractivity contribution is 6.30. The zero-order valence-corrected chi connectivity index (χ0v) is 18.4. The minimum absolute atomic E-state index is 0.0227. The third-order valence-corrected chi connectivity index (χ3v) is 6.34. The van der Waals surface area contributed by atoms with E-state index in [1.807, 2.05) is 42.5 Å². The van der Waals surface area contributed by atoms with Crippen molar-refractivity contribution in [1.29, 1.82) is 0 Å². The number of benzene rings is 2. The van der Waals surface area contributed by atoms with Gasteiger partial charge in [0.2, 0.25) is 0 Å². The number of aromatic amines is 1. The van der Waals surface area contributed by atoms with Crippen LogP contribution < -0.4 is 15.6 Å². The average Bonchev–Trinajstić information content (AvgIpc) is 2.81. The Hall–Kier alpha value is -2.60. The Morgan fingerprint density at radius 1 is 1.06 bits per heavy atom. The van der Waals surface area contributed by atoms with Gasteiger partial charge < -0.3 is 19.8 Å². The summed E-state index contributed by atoms with van der Waals surface area (Å²) >= 11 is 5.99. The molecule has 0 aliphatic carbocycles. The first-order chi connectivity index (χ1) is 15.1. The summed E-state index contributed by atoms with van der Waals surface area (Å²) in [7, 11) is 1.68. The van der Waals surface area contributed by atoms with E-state index >= 15 is 0 Å². The molecule has 162 valence electrons. The number of nitrogens with one attached hydrogen (secondary N) is 2. The van der Waals surface area contributed by atoms with Crippen molar-refractivity contribution in [3.8, 4) is 16.9 Å². The lowest BCUT2D eigenvalue weighted by Crippen LogP contribution is -2.43. The lowest BCUT2D eigenvalue weighted by molar-refractivity contribution is 0.0497. The Bertz CT molecular complexity index is 1060. The van der Waals surface area contributed by atoms with Crippen molar-refractivity contribution in [2.24, 2.45) is 0 Å². The van der Waals surface area contributed by atoms with E-state index in [4.69, 9.17) is 21.1 Å². The summed E-state index contributed by atoms with van der Waals surface area (Å²) in [6.45, 7) is 2.74. The van der Waals surface area contributed by atoms with E-state index in [0.29, 0.717) is 17.1 Å². The molecule has 1 aliphatic rings. The molecule has 0 saturated carbocycles. The van der Waals surface area contributed by atoms with Crippen molar-refractivity contribution >= 4 is 11.6 Å². The molecule has 0 atom stereocenters. The predicted molar refractivity (Wildman–Crippen MR) is 124 cm³/mol. The van der Waals surface area contributed by atoms with E-state index in [-0.39, 0.29) is 11.0 Å². The standard InChI is InChI=1S/C25H27ClN2O3/c1-30-23-8-4-21(5-9-23)25(10-12-31-13-11-25)17-27-15-20-14-19(16-28-24(20)29)18-2-6-22(26)7-3-18/h2-9,14,16,27H,10-13,15,17H2,1H3,(H,28,29). The van der Waals surface area contributed by atoms with Gasteiger partial charge in [0, 0.05) is 48.5 Å². The van der Waals surface area contributed by atoms with E-state index in [0.717, 1.165) is 49.5 Å². The highest BCUT2D eigenvalue weighted by Gasteiger charge is 2.34. The van der Waals surface area contributed by atoms with Gasteiger partial charge in [-0.15, -0.1) is 0 Å². The van der Waals surface area contributed by atoms with Crippen LogP contribution in [0.2, 0.25) is 5.02 Å². The van der Waals surface area contributed by atoms with E-state index in [9.17, 15) is 4.79 Å². The molecule has 1 aliphatic heterocycles. The molecule has 2 heterocycles. The van der Waals surface area contributed by atoms with Crippen LogP contribution in [0, 0.1) is 0 Å². The van der Waals surface area contributed by atoms with Crippen molar-refractivity contribution in [3.05, 3.63) is 87.3 Å². The van der Waals surface area contributed by atoms with Crippen molar-refractivity contribution in [1.82, 2.24) is 10.3 Å². The lowest BCUT2D eigenvalue weighted by Gasteiger charge is -2.38. The molecule has 0 radical (unpaired) electrons. The van der Waals surface area contributed by atoms with Crippen molar-refractivity contribution in [2.45, 2.75) is 24.8 Å². The third-order valence-electron chi connectivity index (χ3n) is 6.09. The van der Waals surface area contributed by atoms with Crippen LogP contribution in [0.4, 0.5) is 0 Å². The number of pyridine rings is 1. The molecule has 2 aromatic carbocycles. The molecule has 3 aromatic rings. The maximum atomic E-state index is 12.4. The van der Waals surface area contributed by atoms with Crippen LogP contribution in [-0.2, 0) is 16.7 Å². The Kier molecular flexibility index (Phi) is 6.76. The summed E-state index contributed by atoms with van der Waals surface area (Å²) in [4.78, 5) is 15.3. The van der Waals surface area contributed by atoms with E-state index < -0.39 is 0 Å². The first-order valence-corrected chi connectivity index (χ1v) is 10.9. The van der Waals surface area contributed by atoms with Gasteiger partial charge in [-0.25, -0.2) is 0 Å². The van der Waals surface area contributed by atoms with Crippen LogP contribution in [0.1, 0.15) is 24.0 Å². The molecule has 0 unspecified atom stereocenters. The van der Waals surface area contributed by atoms with Gasteiger partial charge in [0.15, 0.2) is 0 Å². The zero-order chi connectivity index (χ0) is 21.7.